The monoisotopic (exact) mass is 210 g/mol. The van der Waals surface area contributed by atoms with E-state index in [2.05, 4.69) is 34.6 Å². The molecule has 0 heterocycles. The van der Waals surface area contributed by atoms with Gasteiger partial charge in [-0.3, -0.25) is 0 Å². The van der Waals surface area contributed by atoms with Crippen LogP contribution >= 0.6 is 15.9 Å². The predicted molar refractivity (Wildman–Crippen MR) is 52.9 cm³/mol. The fourth-order valence-corrected chi connectivity index (χ4v) is 1.21. The number of hydrogen-bond acceptors (Lipinski definition) is 0. The van der Waals surface area contributed by atoms with Crippen LogP contribution in [0.25, 0.3) is 0 Å². The molecule has 0 nitrogen and oxygen atoms in total. The molecule has 1 aromatic carbocycles. The summed E-state index contributed by atoms with van der Waals surface area (Å²) in [6, 6.07) is 10.3. The maximum absolute atomic E-state index is 3.88. The second-order valence-electron chi connectivity index (χ2n) is 2.62. The second kappa shape index (κ2) is 3.72. The molecule has 1 unspecified atom stereocenters. The van der Waals surface area contributed by atoms with Crippen molar-refractivity contribution in [2.75, 3.05) is 0 Å². The summed E-state index contributed by atoms with van der Waals surface area (Å²) in [6.45, 7) is 5.90. The van der Waals surface area contributed by atoms with Crippen molar-refractivity contribution in [3.8, 4) is 0 Å². The minimum atomic E-state index is 0.295. The second-order valence-corrected chi connectivity index (χ2v) is 3.54. The molecule has 0 saturated carbocycles. The van der Waals surface area contributed by atoms with Gasteiger partial charge in [0.1, 0.15) is 0 Å². The van der Waals surface area contributed by atoms with Gasteiger partial charge in [-0.25, -0.2) is 0 Å². The van der Waals surface area contributed by atoms with Crippen molar-refractivity contribution in [2.24, 2.45) is 0 Å². The highest BCUT2D eigenvalue weighted by Crippen LogP contribution is 2.28. The summed E-state index contributed by atoms with van der Waals surface area (Å²) in [7, 11) is 0. The van der Waals surface area contributed by atoms with Gasteiger partial charge < -0.3 is 0 Å². The molecular formula is C10H11Br. The van der Waals surface area contributed by atoms with Gasteiger partial charge in [0.2, 0.25) is 0 Å². The van der Waals surface area contributed by atoms with E-state index in [4.69, 9.17) is 0 Å². The van der Waals surface area contributed by atoms with Gasteiger partial charge in [0, 0.05) is 0 Å². The van der Waals surface area contributed by atoms with Crippen molar-refractivity contribution in [3.63, 3.8) is 0 Å². The Morgan fingerprint density at radius 2 is 1.91 bits per heavy atom. The molecule has 1 rings (SSSR count). The lowest BCUT2D eigenvalue weighted by Gasteiger charge is -2.08. The summed E-state index contributed by atoms with van der Waals surface area (Å²) in [5, 5.41) is 0. The third-order valence-electron chi connectivity index (χ3n) is 1.52. The van der Waals surface area contributed by atoms with Crippen LogP contribution in [-0.2, 0) is 0 Å². The molecular weight excluding hydrogens is 200 g/mol. The average molecular weight is 211 g/mol. The lowest BCUT2D eigenvalue weighted by molar-refractivity contribution is 1.14. The molecule has 0 aromatic heterocycles. The summed E-state index contributed by atoms with van der Waals surface area (Å²) >= 11 is 3.55. The van der Waals surface area contributed by atoms with Gasteiger partial charge in [0.15, 0.2) is 0 Å². The molecule has 1 atom stereocenters. The summed E-state index contributed by atoms with van der Waals surface area (Å²) < 4.78 is 0. The van der Waals surface area contributed by atoms with Gasteiger partial charge in [-0.05, 0) is 12.5 Å². The molecule has 0 aliphatic rings. The van der Waals surface area contributed by atoms with E-state index in [1.54, 1.807) is 0 Å². The minimum Gasteiger partial charge on any atom is -0.0987 e. The lowest BCUT2D eigenvalue weighted by atomic mass is 10.1. The topological polar surface area (TPSA) is 0 Å². The Morgan fingerprint density at radius 3 is 2.36 bits per heavy atom. The Morgan fingerprint density at radius 1 is 1.36 bits per heavy atom. The van der Waals surface area contributed by atoms with Gasteiger partial charge in [0.25, 0.3) is 0 Å². The van der Waals surface area contributed by atoms with Gasteiger partial charge >= 0.3 is 0 Å². The first-order valence-electron chi connectivity index (χ1n) is 3.56. The van der Waals surface area contributed by atoms with Crippen molar-refractivity contribution in [2.45, 2.75) is 11.8 Å². The number of rotatable bonds is 2. The van der Waals surface area contributed by atoms with Crippen LogP contribution in [0.5, 0.6) is 0 Å². The van der Waals surface area contributed by atoms with Gasteiger partial charge in [0.05, 0.1) is 4.83 Å². The molecule has 0 amide bonds. The number of benzene rings is 1. The molecule has 0 bridgehead atoms. The zero-order chi connectivity index (χ0) is 8.27. The van der Waals surface area contributed by atoms with Crippen molar-refractivity contribution in [1.82, 2.24) is 0 Å². The molecule has 0 aliphatic carbocycles. The normalized spacial score (nSPS) is 12.5. The molecule has 11 heavy (non-hydrogen) atoms. The summed E-state index contributed by atoms with van der Waals surface area (Å²) in [6.07, 6.45) is 0. The molecule has 0 fully saturated rings. The fraction of sp³-hybridized carbons (Fsp3) is 0.200. The summed E-state index contributed by atoms with van der Waals surface area (Å²) in [5.41, 5.74) is 2.40. The van der Waals surface area contributed by atoms with E-state index in [0.717, 1.165) is 5.57 Å². The van der Waals surface area contributed by atoms with E-state index in [0.29, 0.717) is 4.83 Å². The van der Waals surface area contributed by atoms with Crippen LogP contribution in [0.3, 0.4) is 0 Å². The Balaban J connectivity index is 2.85. The van der Waals surface area contributed by atoms with Crippen molar-refractivity contribution < 1.29 is 0 Å². The minimum absolute atomic E-state index is 0.295. The van der Waals surface area contributed by atoms with Gasteiger partial charge in [-0.15, -0.1) is 0 Å². The fourth-order valence-electron chi connectivity index (χ4n) is 0.907. The van der Waals surface area contributed by atoms with Crippen LogP contribution in [0, 0.1) is 0 Å². The number of halogens is 1. The smallest absolute Gasteiger partial charge is 0.0599 e. The highest BCUT2D eigenvalue weighted by atomic mass is 79.9. The average Bonchev–Trinajstić information content (AvgIpc) is 2.05. The third kappa shape index (κ3) is 2.19. The molecule has 0 spiro atoms. The standard InChI is InChI=1S/C10H11Br/c1-8(2)10(11)9-6-4-3-5-7-9/h3-7,10H,1H2,2H3. The van der Waals surface area contributed by atoms with Crippen LogP contribution in [0.15, 0.2) is 42.5 Å². The lowest BCUT2D eigenvalue weighted by Crippen LogP contribution is -1.88. The van der Waals surface area contributed by atoms with Crippen LogP contribution in [0.1, 0.15) is 17.3 Å². The van der Waals surface area contributed by atoms with E-state index < -0.39 is 0 Å². The maximum atomic E-state index is 3.88. The summed E-state index contributed by atoms with van der Waals surface area (Å²) in [4.78, 5) is 0.295. The third-order valence-corrected chi connectivity index (χ3v) is 2.84. The Bertz CT molecular complexity index is 238. The van der Waals surface area contributed by atoms with Crippen LogP contribution in [0.2, 0.25) is 0 Å². The largest absolute Gasteiger partial charge is 0.0987 e. The zero-order valence-corrected chi connectivity index (χ0v) is 8.14. The highest BCUT2D eigenvalue weighted by molar-refractivity contribution is 9.09. The highest BCUT2D eigenvalue weighted by Gasteiger charge is 2.05. The van der Waals surface area contributed by atoms with E-state index >= 15 is 0 Å². The Labute approximate surface area is 76.1 Å². The Hall–Kier alpha value is -0.560. The van der Waals surface area contributed by atoms with Crippen molar-refractivity contribution in [3.05, 3.63) is 48.0 Å². The SMILES string of the molecule is C=C(C)C(Br)c1ccccc1. The number of hydrogen-bond donors (Lipinski definition) is 0. The molecule has 0 aliphatic heterocycles. The predicted octanol–water partition coefficient (Wildman–Crippen LogP) is 3.70. The quantitative estimate of drug-likeness (QED) is 0.516. The molecule has 1 aromatic rings. The maximum Gasteiger partial charge on any atom is 0.0599 e. The van der Waals surface area contributed by atoms with E-state index in [9.17, 15) is 0 Å². The molecule has 0 saturated heterocycles. The molecule has 0 radical (unpaired) electrons. The first kappa shape index (κ1) is 8.54. The number of alkyl halides is 1. The van der Waals surface area contributed by atoms with Crippen LogP contribution in [0.4, 0.5) is 0 Å². The van der Waals surface area contributed by atoms with E-state index in [1.165, 1.54) is 5.56 Å². The van der Waals surface area contributed by atoms with Gasteiger partial charge in [-0.1, -0.05) is 58.4 Å². The van der Waals surface area contributed by atoms with E-state index in [1.807, 2.05) is 25.1 Å². The van der Waals surface area contributed by atoms with Crippen molar-refractivity contribution >= 4 is 15.9 Å². The zero-order valence-electron chi connectivity index (χ0n) is 6.55. The first-order valence-corrected chi connectivity index (χ1v) is 4.48. The van der Waals surface area contributed by atoms with E-state index in [-0.39, 0.29) is 0 Å². The van der Waals surface area contributed by atoms with Crippen LogP contribution in [-0.4, -0.2) is 0 Å². The molecule has 0 N–H and O–H groups in total. The molecule has 58 valence electrons. The number of allylic oxidation sites excluding steroid dienone is 1. The van der Waals surface area contributed by atoms with Crippen LogP contribution < -0.4 is 0 Å². The summed E-state index contributed by atoms with van der Waals surface area (Å²) in [5.74, 6) is 0. The Kier molecular flexibility index (Phi) is 2.89. The van der Waals surface area contributed by atoms with Crippen molar-refractivity contribution in [1.29, 1.82) is 0 Å². The van der Waals surface area contributed by atoms with Gasteiger partial charge in [-0.2, -0.15) is 0 Å². The first-order chi connectivity index (χ1) is 5.22. The molecule has 1 heteroatoms.